The fourth-order valence-electron chi connectivity index (χ4n) is 2.99. The van der Waals surface area contributed by atoms with Crippen LogP contribution in [0.25, 0.3) is 0 Å². The number of thiophene rings is 1. The first-order valence-corrected chi connectivity index (χ1v) is 8.73. The van der Waals surface area contributed by atoms with Gasteiger partial charge in [0.25, 0.3) is 11.5 Å². The zero-order valence-electron chi connectivity index (χ0n) is 13.5. The lowest BCUT2D eigenvalue weighted by atomic mass is 9.96. The van der Waals surface area contributed by atoms with Crippen LogP contribution in [0, 0.1) is 19.8 Å². The zero-order valence-corrected chi connectivity index (χ0v) is 14.3. The number of aryl methyl sites for hydroxylation is 2. The van der Waals surface area contributed by atoms with E-state index in [2.05, 4.69) is 4.98 Å². The van der Waals surface area contributed by atoms with Crippen molar-refractivity contribution in [2.24, 2.45) is 5.92 Å². The van der Waals surface area contributed by atoms with Crippen molar-refractivity contribution in [1.29, 1.82) is 0 Å². The van der Waals surface area contributed by atoms with Crippen molar-refractivity contribution in [3.05, 3.63) is 50.3 Å². The van der Waals surface area contributed by atoms with E-state index < -0.39 is 0 Å². The highest BCUT2D eigenvalue weighted by molar-refractivity contribution is 7.13. The summed E-state index contributed by atoms with van der Waals surface area (Å²) in [4.78, 5) is 32.5. The summed E-state index contributed by atoms with van der Waals surface area (Å²) in [7, 11) is 0. The lowest BCUT2D eigenvalue weighted by molar-refractivity contribution is 0.0687. The number of likely N-dealkylation sites (tertiary alicyclic amines) is 1. The molecule has 23 heavy (non-hydrogen) atoms. The third-order valence-corrected chi connectivity index (χ3v) is 5.37. The Hall–Kier alpha value is -1.95. The molecule has 0 bridgehead atoms. The van der Waals surface area contributed by atoms with Crippen LogP contribution in [0.15, 0.2) is 29.5 Å². The minimum absolute atomic E-state index is 0.0348. The smallest absolute Gasteiger partial charge is 0.263 e. The lowest BCUT2D eigenvalue weighted by Crippen LogP contribution is -2.39. The number of rotatable bonds is 3. The summed E-state index contributed by atoms with van der Waals surface area (Å²) >= 11 is 1.55. The van der Waals surface area contributed by atoms with Crippen LogP contribution < -0.4 is 5.56 Å². The molecule has 5 nitrogen and oxygen atoms in total. The van der Waals surface area contributed by atoms with Crippen LogP contribution in [0.4, 0.5) is 0 Å². The average Bonchev–Trinajstić information content (AvgIpc) is 2.98. The average molecular weight is 331 g/mol. The number of amides is 1. The molecule has 0 aromatic carbocycles. The van der Waals surface area contributed by atoms with Crippen LogP contribution in [0.1, 0.15) is 33.0 Å². The Morgan fingerprint density at radius 3 is 2.70 bits per heavy atom. The Balaban J connectivity index is 1.59. The van der Waals surface area contributed by atoms with Crippen LogP contribution in [0.3, 0.4) is 0 Å². The van der Waals surface area contributed by atoms with E-state index in [1.165, 1.54) is 0 Å². The normalized spacial score (nSPS) is 15.8. The summed E-state index contributed by atoms with van der Waals surface area (Å²) in [6.45, 7) is 6.01. The van der Waals surface area contributed by atoms with Crippen LogP contribution in [-0.4, -0.2) is 33.4 Å². The van der Waals surface area contributed by atoms with Gasteiger partial charge in [0.15, 0.2) is 0 Å². The third kappa shape index (κ3) is 3.52. The summed E-state index contributed by atoms with van der Waals surface area (Å²) in [5, 5.41) is 0. The minimum Gasteiger partial charge on any atom is -0.338 e. The molecule has 3 heterocycles. The van der Waals surface area contributed by atoms with Gasteiger partial charge in [-0.2, -0.15) is 0 Å². The molecule has 1 aliphatic heterocycles. The van der Waals surface area contributed by atoms with E-state index in [1.807, 2.05) is 24.0 Å². The second kappa shape index (κ2) is 6.66. The number of carbonyl (C=O) groups excluding carboxylic acids is 1. The van der Waals surface area contributed by atoms with Gasteiger partial charge < -0.3 is 4.90 Å². The first-order valence-electron chi connectivity index (χ1n) is 7.91. The fraction of sp³-hybridized carbons (Fsp3) is 0.471. The van der Waals surface area contributed by atoms with Gasteiger partial charge in [-0.05, 0) is 44.7 Å². The summed E-state index contributed by atoms with van der Waals surface area (Å²) in [5.41, 5.74) is 0.709. The molecule has 0 spiro atoms. The van der Waals surface area contributed by atoms with Gasteiger partial charge in [0.2, 0.25) is 0 Å². The van der Waals surface area contributed by atoms with Gasteiger partial charge in [-0.1, -0.05) is 0 Å². The molecule has 0 radical (unpaired) electrons. The molecule has 2 aromatic rings. The number of aromatic nitrogens is 2. The van der Waals surface area contributed by atoms with Crippen LogP contribution in [0.2, 0.25) is 0 Å². The third-order valence-electron chi connectivity index (χ3n) is 4.38. The van der Waals surface area contributed by atoms with Crippen molar-refractivity contribution >= 4 is 17.2 Å². The largest absolute Gasteiger partial charge is 0.338 e. The number of piperidine rings is 1. The van der Waals surface area contributed by atoms with E-state index in [0.29, 0.717) is 18.0 Å². The molecular formula is C17H21N3O2S. The molecule has 2 aromatic heterocycles. The maximum absolute atomic E-state index is 12.4. The molecule has 1 amide bonds. The monoisotopic (exact) mass is 331 g/mol. The standard InChI is InChI=1S/C17H21N3O2S/c1-12-9-18-11-20(16(12)21)10-14-5-7-19(8-6-14)17(22)15-4-3-13(2)23-15/h3-4,9,11,14H,5-8,10H2,1-2H3. The van der Waals surface area contributed by atoms with Gasteiger partial charge >= 0.3 is 0 Å². The van der Waals surface area contributed by atoms with Gasteiger partial charge in [0.05, 0.1) is 11.2 Å². The van der Waals surface area contributed by atoms with Crippen molar-refractivity contribution in [2.45, 2.75) is 33.2 Å². The Kier molecular flexibility index (Phi) is 4.61. The fourth-order valence-corrected chi connectivity index (χ4v) is 3.83. The Morgan fingerprint density at radius 1 is 1.30 bits per heavy atom. The second-order valence-electron chi connectivity index (χ2n) is 6.18. The van der Waals surface area contributed by atoms with E-state index in [1.54, 1.807) is 35.4 Å². The quantitative estimate of drug-likeness (QED) is 0.868. The van der Waals surface area contributed by atoms with E-state index in [9.17, 15) is 9.59 Å². The Morgan fingerprint density at radius 2 is 2.04 bits per heavy atom. The van der Waals surface area contributed by atoms with E-state index >= 15 is 0 Å². The molecule has 0 saturated carbocycles. The molecule has 6 heteroatoms. The highest BCUT2D eigenvalue weighted by atomic mass is 32.1. The second-order valence-corrected chi connectivity index (χ2v) is 7.47. The predicted molar refractivity (Wildman–Crippen MR) is 90.9 cm³/mol. The van der Waals surface area contributed by atoms with Crippen LogP contribution in [0.5, 0.6) is 0 Å². The van der Waals surface area contributed by atoms with Gasteiger partial charge in [0.1, 0.15) is 0 Å². The first-order chi connectivity index (χ1) is 11.0. The number of nitrogens with zero attached hydrogens (tertiary/aromatic N) is 3. The lowest BCUT2D eigenvalue weighted by Gasteiger charge is -2.32. The highest BCUT2D eigenvalue weighted by Gasteiger charge is 2.24. The molecule has 1 fully saturated rings. The minimum atomic E-state index is 0.0348. The number of carbonyl (C=O) groups is 1. The maximum Gasteiger partial charge on any atom is 0.263 e. The van der Waals surface area contributed by atoms with Gasteiger partial charge in [0, 0.05) is 36.3 Å². The molecule has 0 atom stereocenters. The van der Waals surface area contributed by atoms with Crippen molar-refractivity contribution in [3.63, 3.8) is 0 Å². The molecule has 0 N–H and O–H groups in total. The molecule has 122 valence electrons. The van der Waals surface area contributed by atoms with Gasteiger partial charge in [-0.3, -0.25) is 14.2 Å². The molecular weight excluding hydrogens is 310 g/mol. The van der Waals surface area contributed by atoms with Crippen molar-refractivity contribution in [1.82, 2.24) is 14.5 Å². The number of hydrogen-bond donors (Lipinski definition) is 0. The summed E-state index contributed by atoms with van der Waals surface area (Å²) in [5.74, 6) is 0.557. The van der Waals surface area contributed by atoms with E-state index in [4.69, 9.17) is 0 Å². The molecule has 3 rings (SSSR count). The molecule has 1 aliphatic rings. The summed E-state index contributed by atoms with van der Waals surface area (Å²) < 4.78 is 1.69. The SMILES string of the molecule is Cc1ccc(C(=O)N2CCC(Cn3cncc(C)c3=O)CC2)s1. The molecule has 0 unspecified atom stereocenters. The van der Waals surface area contributed by atoms with Crippen molar-refractivity contribution < 1.29 is 4.79 Å². The highest BCUT2D eigenvalue weighted by Crippen LogP contribution is 2.23. The van der Waals surface area contributed by atoms with Crippen molar-refractivity contribution in [3.8, 4) is 0 Å². The van der Waals surface area contributed by atoms with E-state index in [-0.39, 0.29) is 11.5 Å². The first kappa shape index (κ1) is 15.9. The molecule has 1 saturated heterocycles. The number of hydrogen-bond acceptors (Lipinski definition) is 4. The van der Waals surface area contributed by atoms with E-state index in [0.717, 1.165) is 35.7 Å². The van der Waals surface area contributed by atoms with Gasteiger partial charge in [-0.15, -0.1) is 11.3 Å². The van der Waals surface area contributed by atoms with Crippen LogP contribution >= 0.6 is 11.3 Å². The maximum atomic E-state index is 12.4. The summed E-state index contributed by atoms with van der Waals surface area (Å²) in [6.07, 6.45) is 5.07. The zero-order chi connectivity index (χ0) is 16.4. The molecule has 0 aliphatic carbocycles. The van der Waals surface area contributed by atoms with Crippen LogP contribution in [-0.2, 0) is 6.54 Å². The van der Waals surface area contributed by atoms with Crippen molar-refractivity contribution in [2.75, 3.05) is 13.1 Å². The Bertz CT molecular complexity index is 757. The van der Waals surface area contributed by atoms with Gasteiger partial charge in [-0.25, -0.2) is 4.98 Å². The summed E-state index contributed by atoms with van der Waals surface area (Å²) in [6, 6.07) is 3.90. The predicted octanol–water partition coefficient (Wildman–Crippen LogP) is 2.47. The Labute approximate surface area is 139 Å². The topological polar surface area (TPSA) is 55.2 Å².